The predicted molar refractivity (Wildman–Crippen MR) is 70.7 cm³/mol. The van der Waals surface area contributed by atoms with Crippen LogP contribution in [0.2, 0.25) is 0 Å². The predicted octanol–water partition coefficient (Wildman–Crippen LogP) is 1.57. The first-order valence-electron chi connectivity index (χ1n) is 6.13. The van der Waals surface area contributed by atoms with Crippen LogP contribution in [0, 0.1) is 13.8 Å². The van der Waals surface area contributed by atoms with Gasteiger partial charge in [-0.15, -0.1) is 0 Å². The number of aliphatic hydroxyl groups excluding tert-OH is 1. The lowest BCUT2D eigenvalue weighted by Gasteiger charge is -2.12. The molecule has 0 heterocycles. The topological polar surface area (TPSA) is 58.6 Å². The fraction of sp³-hybridized carbons (Fsp3) is 0.500. The van der Waals surface area contributed by atoms with Crippen LogP contribution < -0.4 is 10.1 Å². The van der Waals surface area contributed by atoms with Gasteiger partial charge in [-0.25, -0.2) is 0 Å². The van der Waals surface area contributed by atoms with Crippen LogP contribution in [0.4, 0.5) is 0 Å². The molecule has 0 saturated carbocycles. The number of ether oxygens (including phenoxy) is 1. The Morgan fingerprint density at radius 1 is 1.44 bits per heavy atom. The van der Waals surface area contributed by atoms with Gasteiger partial charge in [-0.05, 0) is 38.0 Å². The Bertz CT molecular complexity index is 404. The van der Waals surface area contributed by atoms with Crippen molar-refractivity contribution in [2.45, 2.75) is 33.2 Å². The van der Waals surface area contributed by atoms with E-state index >= 15 is 0 Å². The molecule has 0 bridgehead atoms. The number of aryl methyl sites for hydroxylation is 2. The minimum Gasteiger partial charge on any atom is -0.493 e. The highest BCUT2D eigenvalue weighted by Gasteiger charge is 2.07. The van der Waals surface area contributed by atoms with Gasteiger partial charge >= 0.3 is 0 Å². The van der Waals surface area contributed by atoms with E-state index in [1.165, 1.54) is 0 Å². The van der Waals surface area contributed by atoms with Gasteiger partial charge in [-0.1, -0.05) is 12.1 Å². The van der Waals surface area contributed by atoms with Crippen molar-refractivity contribution >= 4 is 5.91 Å². The molecule has 1 amide bonds. The molecule has 4 heteroatoms. The van der Waals surface area contributed by atoms with E-state index in [4.69, 9.17) is 9.84 Å². The Kier molecular flexibility index (Phi) is 5.65. The summed E-state index contributed by atoms with van der Waals surface area (Å²) >= 11 is 0. The third kappa shape index (κ3) is 4.75. The summed E-state index contributed by atoms with van der Waals surface area (Å²) in [4.78, 5) is 11.5. The maximum atomic E-state index is 11.5. The third-order valence-corrected chi connectivity index (χ3v) is 2.61. The number of nitrogens with one attached hydrogen (secondary N) is 1. The molecule has 100 valence electrons. The van der Waals surface area contributed by atoms with Crippen molar-refractivity contribution in [3.05, 3.63) is 29.3 Å². The Morgan fingerprint density at radius 2 is 2.17 bits per heavy atom. The first kappa shape index (κ1) is 14.5. The molecule has 0 saturated heterocycles. The van der Waals surface area contributed by atoms with Crippen molar-refractivity contribution in [2.24, 2.45) is 0 Å². The summed E-state index contributed by atoms with van der Waals surface area (Å²) in [6, 6.07) is 5.78. The van der Waals surface area contributed by atoms with Crippen LogP contribution in [-0.2, 0) is 4.79 Å². The van der Waals surface area contributed by atoms with E-state index in [1.54, 1.807) is 6.92 Å². The van der Waals surface area contributed by atoms with Crippen molar-refractivity contribution in [1.82, 2.24) is 5.32 Å². The SMILES string of the molecule is Cc1ccc(C)c(OCCC(=O)N[C@H](C)CO)c1. The van der Waals surface area contributed by atoms with Gasteiger partial charge in [-0.3, -0.25) is 4.79 Å². The molecule has 1 rings (SSSR count). The molecule has 0 aliphatic heterocycles. The molecule has 0 aliphatic carbocycles. The number of carbonyl (C=O) groups is 1. The molecule has 0 unspecified atom stereocenters. The summed E-state index contributed by atoms with van der Waals surface area (Å²) in [6.07, 6.45) is 0.289. The molecular weight excluding hydrogens is 230 g/mol. The summed E-state index contributed by atoms with van der Waals surface area (Å²) in [6.45, 7) is 6.02. The quantitative estimate of drug-likeness (QED) is 0.807. The van der Waals surface area contributed by atoms with E-state index in [9.17, 15) is 4.79 Å². The first-order chi connectivity index (χ1) is 8.52. The number of amides is 1. The van der Waals surface area contributed by atoms with Crippen LogP contribution in [0.15, 0.2) is 18.2 Å². The number of benzene rings is 1. The minimum absolute atomic E-state index is 0.0520. The second kappa shape index (κ2) is 7.01. The minimum atomic E-state index is -0.210. The van der Waals surface area contributed by atoms with E-state index in [0.29, 0.717) is 6.61 Å². The van der Waals surface area contributed by atoms with E-state index in [0.717, 1.165) is 16.9 Å². The molecule has 2 N–H and O–H groups in total. The van der Waals surface area contributed by atoms with Crippen LogP contribution in [0.5, 0.6) is 5.75 Å². The van der Waals surface area contributed by atoms with Gasteiger partial charge in [0.15, 0.2) is 0 Å². The van der Waals surface area contributed by atoms with Gasteiger partial charge in [0.2, 0.25) is 5.91 Å². The van der Waals surface area contributed by atoms with Gasteiger partial charge in [0.25, 0.3) is 0 Å². The van der Waals surface area contributed by atoms with Gasteiger partial charge in [-0.2, -0.15) is 0 Å². The van der Waals surface area contributed by atoms with E-state index in [-0.39, 0.29) is 25.0 Å². The van der Waals surface area contributed by atoms with Crippen molar-refractivity contribution in [1.29, 1.82) is 0 Å². The zero-order valence-corrected chi connectivity index (χ0v) is 11.2. The molecule has 18 heavy (non-hydrogen) atoms. The van der Waals surface area contributed by atoms with Crippen molar-refractivity contribution < 1.29 is 14.6 Å². The van der Waals surface area contributed by atoms with Gasteiger partial charge in [0.05, 0.1) is 19.6 Å². The Morgan fingerprint density at radius 3 is 2.83 bits per heavy atom. The van der Waals surface area contributed by atoms with E-state index in [1.807, 2.05) is 32.0 Å². The molecule has 1 atom stereocenters. The zero-order valence-electron chi connectivity index (χ0n) is 11.2. The second-order valence-electron chi connectivity index (χ2n) is 4.52. The fourth-order valence-electron chi connectivity index (χ4n) is 1.51. The summed E-state index contributed by atoms with van der Waals surface area (Å²) in [5.74, 6) is 0.708. The Balaban J connectivity index is 2.37. The highest BCUT2D eigenvalue weighted by Crippen LogP contribution is 2.19. The van der Waals surface area contributed by atoms with Crippen molar-refractivity contribution in [3.8, 4) is 5.75 Å². The van der Waals surface area contributed by atoms with E-state index in [2.05, 4.69) is 5.32 Å². The molecule has 1 aromatic rings. The number of rotatable bonds is 6. The van der Waals surface area contributed by atoms with Crippen LogP contribution >= 0.6 is 0 Å². The lowest BCUT2D eigenvalue weighted by Crippen LogP contribution is -2.35. The third-order valence-electron chi connectivity index (χ3n) is 2.61. The molecule has 0 fully saturated rings. The molecule has 0 radical (unpaired) electrons. The van der Waals surface area contributed by atoms with Gasteiger partial charge in [0, 0.05) is 6.04 Å². The number of hydrogen-bond donors (Lipinski definition) is 2. The maximum absolute atomic E-state index is 11.5. The molecular formula is C14H21NO3. The summed E-state index contributed by atoms with van der Waals surface area (Å²) in [5.41, 5.74) is 2.19. The smallest absolute Gasteiger partial charge is 0.223 e. The molecule has 0 aliphatic rings. The number of hydrogen-bond acceptors (Lipinski definition) is 3. The summed E-state index contributed by atoms with van der Waals surface area (Å²) in [7, 11) is 0. The highest BCUT2D eigenvalue weighted by molar-refractivity contribution is 5.76. The fourth-order valence-corrected chi connectivity index (χ4v) is 1.51. The molecule has 0 spiro atoms. The lowest BCUT2D eigenvalue weighted by atomic mass is 10.1. The average molecular weight is 251 g/mol. The maximum Gasteiger partial charge on any atom is 0.223 e. The van der Waals surface area contributed by atoms with Gasteiger partial charge < -0.3 is 15.2 Å². The molecule has 4 nitrogen and oxygen atoms in total. The van der Waals surface area contributed by atoms with Gasteiger partial charge in [0.1, 0.15) is 5.75 Å². The van der Waals surface area contributed by atoms with E-state index < -0.39 is 0 Å². The summed E-state index contributed by atoms with van der Waals surface area (Å²) < 4.78 is 5.58. The normalized spacial score (nSPS) is 12.0. The molecule has 0 aromatic heterocycles. The van der Waals surface area contributed by atoms with Crippen LogP contribution in [0.1, 0.15) is 24.5 Å². The van der Waals surface area contributed by atoms with Crippen LogP contribution in [0.25, 0.3) is 0 Å². The zero-order chi connectivity index (χ0) is 13.5. The van der Waals surface area contributed by atoms with Crippen molar-refractivity contribution in [2.75, 3.05) is 13.2 Å². The monoisotopic (exact) mass is 251 g/mol. The highest BCUT2D eigenvalue weighted by atomic mass is 16.5. The lowest BCUT2D eigenvalue weighted by molar-refractivity contribution is -0.122. The second-order valence-corrected chi connectivity index (χ2v) is 4.52. The Hall–Kier alpha value is -1.55. The number of carbonyl (C=O) groups excluding carboxylic acids is 1. The average Bonchev–Trinajstić information content (AvgIpc) is 2.33. The van der Waals surface area contributed by atoms with Crippen LogP contribution in [0.3, 0.4) is 0 Å². The Labute approximate surface area is 108 Å². The molecule has 1 aromatic carbocycles. The summed E-state index contributed by atoms with van der Waals surface area (Å²) in [5, 5.41) is 11.5. The standard InChI is InChI=1S/C14H21NO3/c1-10-4-5-11(2)13(8-10)18-7-6-14(17)15-12(3)9-16/h4-5,8,12,16H,6-7,9H2,1-3H3,(H,15,17)/t12-/m1/s1. The largest absolute Gasteiger partial charge is 0.493 e. The van der Waals surface area contributed by atoms with Crippen molar-refractivity contribution in [3.63, 3.8) is 0 Å². The first-order valence-corrected chi connectivity index (χ1v) is 6.13. The van der Waals surface area contributed by atoms with Crippen LogP contribution in [-0.4, -0.2) is 30.3 Å². The number of aliphatic hydroxyl groups is 1.